The van der Waals surface area contributed by atoms with Gasteiger partial charge >= 0.3 is 0 Å². The Kier molecular flexibility index (Phi) is 4.02. The van der Waals surface area contributed by atoms with Gasteiger partial charge in [0.05, 0.1) is 14.7 Å². The Bertz CT molecular complexity index is 504. The van der Waals surface area contributed by atoms with Crippen molar-refractivity contribution in [2.75, 3.05) is 0 Å². The normalized spacial score (nSPS) is 13.3. The maximum absolute atomic E-state index is 5.96. The van der Waals surface area contributed by atoms with Crippen molar-refractivity contribution in [1.82, 2.24) is 10.1 Å². The van der Waals surface area contributed by atoms with Crippen LogP contribution in [-0.4, -0.2) is 10.1 Å². The van der Waals surface area contributed by atoms with Crippen LogP contribution in [0.15, 0.2) is 18.8 Å². The molecule has 2 aromatic heterocycles. The fourth-order valence-corrected chi connectivity index (χ4v) is 3.18. The molecule has 1 atom stereocenters. The molecular weight excluding hydrogens is 370 g/mol. The van der Waals surface area contributed by atoms with Gasteiger partial charge in [0.1, 0.15) is 0 Å². The molecule has 92 valence electrons. The summed E-state index contributed by atoms with van der Waals surface area (Å²) in [4.78, 5) is 5.24. The molecule has 1 unspecified atom stereocenters. The molecule has 4 nitrogen and oxygen atoms in total. The summed E-state index contributed by atoms with van der Waals surface area (Å²) >= 11 is 8.38. The van der Waals surface area contributed by atoms with E-state index in [0.29, 0.717) is 11.7 Å². The smallest absolute Gasteiger partial charge is 0.268 e. The fourth-order valence-electron chi connectivity index (χ4n) is 1.22. The van der Waals surface area contributed by atoms with Crippen molar-refractivity contribution in [2.24, 2.45) is 11.7 Å². The zero-order chi connectivity index (χ0) is 12.6. The highest BCUT2D eigenvalue weighted by Gasteiger charge is 2.19. The van der Waals surface area contributed by atoms with Crippen LogP contribution < -0.4 is 5.73 Å². The number of hydrogen-bond acceptors (Lipinski definition) is 5. The van der Waals surface area contributed by atoms with E-state index in [1.54, 1.807) is 0 Å². The lowest BCUT2D eigenvalue weighted by Crippen LogP contribution is -2.18. The van der Waals surface area contributed by atoms with Gasteiger partial charge in [0, 0.05) is 4.47 Å². The molecule has 0 fully saturated rings. The summed E-state index contributed by atoms with van der Waals surface area (Å²) in [6.45, 7) is 4.05. The number of nitrogens with zero attached hydrogens (tertiary/aromatic N) is 2. The molecule has 0 radical (unpaired) electrons. The third-order valence-corrected chi connectivity index (χ3v) is 5.56. The van der Waals surface area contributed by atoms with Crippen LogP contribution in [0.1, 0.15) is 25.7 Å². The van der Waals surface area contributed by atoms with Crippen LogP contribution in [0.2, 0.25) is 0 Å². The van der Waals surface area contributed by atoms with E-state index >= 15 is 0 Å². The van der Waals surface area contributed by atoms with Crippen LogP contribution in [0.25, 0.3) is 10.8 Å². The van der Waals surface area contributed by atoms with Crippen molar-refractivity contribution in [1.29, 1.82) is 0 Å². The van der Waals surface area contributed by atoms with Gasteiger partial charge in [-0.25, -0.2) is 0 Å². The third-order valence-electron chi connectivity index (χ3n) is 2.31. The van der Waals surface area contributed by atoms with Crippen LogP contribution >= 0.6 is 43.2 Å². The van der Waals surface area contributed by atoms with E-state index in [1.165, 1.54) is 11.3 Å². The van der Waals surface area contributed by atoms with Crippen molar-refractivity contribution in [3.8, 4) is 10.8 Å². The van der Waals surface area contributed by atoms with E-state index in [2.05, 4.69) is 42.0 Å². The monoisotopic (exact) mass is 379 g/mol. The van der Waals surface area contributed by atoms with Gasteiger partial charge in [-0.05, 0) is 43.8 Å². The second-order valence-electron chi connectivity index (χ2n) is 3.96. The van der Waals surface area contributed by atoms with Gasteiger partial charge in [0.25, 0.3) is 5.89 Å². The molecule has 0 amide bonds. The summed E-state index contributed by atoms with van der Waals surface area (Å²) in [6.07, 6.45) is 0. The minimum atomic E-state index is -0.195. The Morgan fingerprint density at radius 1 is 1.41 bits per heavy atom. The Hall–Kier alpha value is -0.240. The Morgan fingerprint density at radius 3 is 2.65 bits per heavy atom. The van der Waals surface area contributed by atoms with Gasteiger partial charge in [-0.1, -0.05) is 19.0 Å². The Labute approximate surface area is 120 Å². The Balaban J connectivity index is 2.29. The maximum atomic E-state index is 5.96. The van der Waals surface area contributed by atoms with E-state index in [-0.39, 0.29) is 12.0 Å². The molecule has 2 N–H and O–H groups in total. The molecule has 2 heterocycles. The van der Waals surface area contributed by atoms with E-state index < -0.39 is 0 Å². The first-order valence-electron chi connectivity index (χ1n) is 5.03. The van der Waals surface area contributed by atoms with Crippen LogP contribution in [0, 0.1) is 5.92 Å². The van der Waals surface area contributed by atoms with Crippen LogP contribution in [-0.2, 0) is 0 Å². The summed E-state index contributed by atoms with van der Waals surface area (Å²) in [7, 11) is 0. The zero-order valence-corrected chi connectivity index (χ0v) is 13.3. The topological polar surface area (TPSA) is 64.9 Å². The quantitative estimate of drug-likeness (QED) is 0.874. The lowest BCUT2D eigenvalue weighted by molar-refractivity contribution is 0.400. The van der Waals surface area contributed by atoms with Crippen molar-refractivity contribution >= 4 is 43.2 Å². The van der Waals surface area contributed by atoms with Gasteiger partial charge in [-0.3, -0.25) is 0 Å². The van der Waals surface area contributed by atoms with E-state index in [9.17, 15) is 0 Å². The first-order chi connectivity index (χ1) is 7.99. The van der Waals surface area contributed by atoms with Crippen molar-refractivity contribution in [3.05, 3.63) is 20.1 Å². The van der Waals surface area contributed by atoms with Gasteiger partial charge in [-0.15, -0.1) is 11.3 Å². The lowest BCUT2D eigenvalue weighted by Gasteiger charge is -2.09. The molecule has 0 saturated carbocycles. The summed E-state index contributed by atoms with van der Waals surface area (Å²) < 4.78 is 7.20. The fraction of sp³-hybridized carbons (Fsp3) is 0.400. The third kappa shape index (κ3) is 2.78. The molecule has 0 saturated heterocycles. The standard InChI is InChI=1S/C10H11Br2N3OS/c1-4(2)7(13)9-14-10(16-15-9)6-3-5(11)8(12)17-6/h3-4,7H,13H2,1-2H3. The SMILES string of the molecule is CC(C)C(N)c1noc(-c2cc(Br)c(Br)s2)n1. The maximum Gasteiger partial charge on any atom is 0.268 e. The van der Waals surface area contributed by atoms with Crippen LogP contribution in [0.4, 0.5) is 0 Å². The molecule has 0 aromatic carbocycles. The molecule has 0 aliphatic heterocycles. The second-order valence-corrected chi connectivity index (χ2v) is 7.18. The average Bonchev–Trinajstić information content (AvgIpc) is 2.85. The lowest BCUT2D eigenvalue weighted by atomic mass is 10.1. The van der Waals surface area contributed by atoms with Gasteiger partial charge in [0.15, 0.2) is 5.82 Å². The predicted octanol–water partition coefficient (Wildman–Crippen LogP) is 3.98. The van der Waals surface area contributed by atoms with E-state index in [1.807, 2.05) is 19.9 Å². The number of aromatic nitrogens is 2. The van der Waals surface area contributed by atoms with Gasteiger partial charge in [-0.2, -0.15) is 4.98 Å². The highest BCUT2D eigenvalue weighted by molar-refractivity contribution is 9.13. The molecular formula is C10H11Br2N3OS. The highest BCUT2D eigenvalue weighted by atomic mass is 79.9. The van der Waals surface area contributed by atoms with E-state index in [4.69, 9.17) is 10.3 Å². The number of thiophene rings is 1. The largest absolute Gasteiger partial charge is 0.333 e. The summed E-state index contributed by atoms with van der Waals surface area (Å²) in [5, 5.41) is 3.92. The first-order valence-corrected chi connectivity index (χ1v) is 7.43. The molecule has 0 aliphatic rings. The first kappa shape index (κ1) is 13.2. The molecule has 17 heavy (non-hydrogen) atoms. The molecule has 2 rings (SSSR count). The molecule has 0 bridgehead atoms. The number of rotatable bonds is 3. The summed E-state index contributed by atoms with van der Waals surface area (Å²) in [6, 6.07) is 1.74. The molecule has 0 aliphatic carbocycles. The van der Waals surface area contributed by atoms with E-state index in [0.717, 1.165) is 13.1 Å². The van der Waals surface area contributed by atoms with Crippen LogP contribution in [0.5, 0.6) is 0 Å². The van der Waals surface area contributed by atoms with Gasteiger partial charge in [0.2, 0.25) is 0 Å². The van der Waals surface area contributed by atoms with Crippen molar-refractivity contribution in [3.63, 3.8) is 0 Å². The summed E-state index contributed by atoms with van der Waals surface area (Å²) in [5.41, 5.74) is 5.96. The number of nitrogens with two attached hydrogens (primary N) is 1. The highest BCUT2D eigenvalue weighted by Crippen LogP contribution is 2.37. The number of hydrogen-bond donors (Lipinski definition) is 1. The minimum absolute atomic E-state index is 0.195. The predicted molar refractivity (Wildman–Crippen MR) is 74.8 cm³/mol. The van der Waals surface area contributed by atoms with Crippen LogP contribution in [0.3, 0.4) is 0 Å². The zero-order valence-electron chi connectivity index (χ0n) is 9.28. The van der Waals surface area contributed by atoms with Gasteiger partial charge < -0.3 is 10.3 Å². The number of halogens is 2. The van der Waals surface area contributed by atoms with Crippen molar-refractivity contribution in [2.45, 2.75) is 19.9 Å². The molecule has 7 heteroatoms. The van der Waals surface area contributed by atoms with Crippen molar-refractivity contribution < 1.29 is 4.52 Å². The minimum Gasteiger partial charge on any atom is -0.333 e. The molecule has 2 aromatic rings. The molecule has 0 spiro atoms. The average molecular weight is 381 g/mol. The Morgan fingerprint density at radius 2 is 2.12 bits per heavy atom. The second kappa shape index (κ2) is 5.17. The summed E-state index contributed by atoms with van der Waals surface area (Å²) in [5.74, 6) is 1.34.